The number of amides is 1. The number of aromatic nitrogens is 2. The fourth-order valence-corrected chi connectivity index (χ4v) is 3.46. The van der Waals surface area contributed by atoms with Gasteiger partial charge >= 0.3 is 0 Å². The lowest BCUT2D eigenvalue weighted by atomic mass is 10.3. The Kier molecular flexibility index (Phi) is 4.91. The summed E-state index contributed by atoms with van der Waals surface area (Å²) >= 11 is 2.54. The molecule has 0 radical (unpaired) electrons. The van der Waals surface area contributed by atoms with Crippen molar-refractivity contribution >= 4 is 39.7 Å². The van der Waals surface area contributed by atoms with Crippen LogP contribution in [0.1, 0.15) is 5.69 Å². The topological polar surface area (TPSA) is 63.5 Å². The third kappa shape index (κ3) is 3.62. The largest absolute Gasteiger partial charge is 0.320 e. The Morgan fingerprint density at radius 3 is 2.83 bits per heavy atom. The number of halogens is 2. The molecule has 1 aromatic carbocycles. The molecule has 0 aliphatic carbocycles. The summed E-state index contributed by atoms with van der Waals surface area (Å²) in [6.07, 6.45) is 1.64. The molecule has 3 rings (SSSR count). The second kappa shape index (κ2) is 7.10. The Hall–Kier alpha value is -2.26. The molecule has 1 amide bonds. The van der Waals surface area contributed by atoms with E-state index in [1.54, 1.807) is 11.6 Å². The van der Waals surface area contributed by atoms with Gasteiger partial charge in [0.25, 0.3) is 5.56 Å². The van der Waals surface area contributed by atoms with Gasteiger partial charge in [0.05, 0.1) is 11.4 Å². The third-order valence-electron chi connectivity index (χ3n) is 3.07. The van der Waals surface area contributed by atoms with E-state index in [1.807, 2.05) is 0 Å². The highest BCUT2D eigenvalue weighted by Crippen LogP contribution is 2.19. The first-order valence-corrected chi connectivity index (χ1v) is 8.85. The lowest BCUT2D eigenvalue weighted by molar-refractivity contribution is -0.113. The van der Waals surface area contributed by atoms with Crippen LogP contribution in [0.5, 0.6) is 0 Å². The lowest BCUT2D eigenvalue weighted by Gasteiger charge is -2.07. The number of hydrogen-bond acceptors (Lipinski definition) is 5. The molecule has 2 aromatic heterocycles. The highest BCUT2D eigenvalue weighted by molar-refractivity contribution is 7.99. The van der Waals surface area contributed by atoms with Crippen LogP contribution >= 0.6 is 23.1 Å². The third-order valence-corrected chi connectivity index (χ3v) is 4.79. The average molecular weight is 367 g/mol. The van der Waals surface area contributed by atoms with Crippen LogP contribution < -0.4 is 10.9 Å². The van der Waals surface area contributed by atoms with Gasteiger partial charge in [-0.25, -0.2) is 13.8 Å². The van der Waals surface area contributed by atoms with E-state index in [0.717, 1.165) is 12.1 Å². The maximum Gasteiger partial charge on any atom is 0.258 e. The van der Waals surface area contributed by atoms with Crippen LogP contribution in [0.3, 0.4) is 0 Å². The van der Waals surface area contributed by atoms with E-state index in [9.17, 15) is 18.4 Å². The molecule has 0 unspecified atom stereocenters. The number of carbonyl (C=O) groups is 1. The molecule has 0 spiro atoms. The molecule has 24 heavy (non-hydrogen) atoms. The predicted molar refractivity (Wildman–Crippen MR) is 90.5 cm³/mol. The predicted octanol–water partition coefficient (Wildman–Crippen LogP) is 2.91. The summed E-state index contributed by atoms with van der Waals surface area (Å²) in [6.45, 7) is 0. The number of para-hydroxylation sites is 1. The SMILES string of the molecule is O=C(CSCc1cc(=O)n2ccsc2n1)Nc1c(F)cccc1F. The summed E-state index contributed by atoms with van der Waals surface area (Å²) in [5, 5.41) is 3.97. The maximum absolute atomic E-state index is 13.5. The molecule has 0 bridgehead atoms. The summed E-state index contributed by atoms with van der Waals surface area (Å²) in [6, 6.07) is 4.76. The number of hydrogen-bond donors (Lipinski definition) is 1. The van der Waals surface area contributed by atoms with E-state index >= 15 is 0 Å². The Labute approximate surface area is 143 Å². The number of benzene rings is 1. The molecular weight excluding hydrogens is 356 g/mol. The second-order valence-corrected chi connectivity index (χ2v) is 6.64. The number of nitrogens with zero attached hydrogens (tertiary/aromatic N) is 2. The van der Waals surface area contributed by atoms with Gasteiger partial charge in [-0.2, -0.15) is 0 Å². The Bertz CT molecular complexity index is 935. The van der Waals surface area contributed by atoms with Crippen LogP contribution in [0.15, 0.2) is 40.6 Å². The summed E-state index contributed by atoms with van der Waals surface area (Å²) < 4.78 is 28.3. The zero-order chi connectivity index (χ0) is 17.1. The van der Waals surface area contributed by atoms with E-state index in [-0.39, 0.29) is 11.3 Å². The van der Waals surface area contributed by atoms with Crippen LogP contribution in [0.2, 0.25) is 0 Å². The van der Waals surface area contributed by atoms with Crippen LogP contribution in [0.25, 0.3) is 4.96 Å². The molecule has 2 heterocycles. The molecule has 0 aliphatic heterocycles. The minimum Gasteiger partial charge on any atom is -0.320 e. The van der Waals surface area contributed by atoms with Gasteiger partial charge in [-0.3, -0.25) is 14.0 Å². The van der Waals surface area contributed by atoms with Crippen LogP contribution in [-0.4, -0.2) is 21.0 Å². The van der Waals surface area contributed by atoms with Gasteiger partial charge in [0, 0.05) is 23.4 Å². The normalized spacial score (nSPS) is 10.9. The van der Waals surface area contributed by atoms with E-state index in [0.29, 0.717) is 16.4 Å². The monoisotopic (exact) mass is 367 g/mol. The van der Waals surface area contributed by atoms with Gasteiger partial charge in [-0.05, 0) is 12.1 Å². The summed E-state index contributed by atoms with van der Waals surface area (Å²) in [7, 11) is 0. The maximum atomic E-state index is 13.5. The molecular formula is C15H11F2N3O2S2. The van der Waals surface area contributed by atoms with Crippen LogP contribution in [0.4, 0.5) is 14.5 Å². The van der Waals surface area contributed by atoms with Gasteiger partial charge < -0.3 is 5.32 Å². The molecule has 5 nitrogen and oxygen atoms in total. The molecule has 3 aromatic rings. The summed E-state index contributed by atoms with van der Waals surface area (Å²) in [5.74, 6) is -1.86. The quantitative estimate of drug-likeness (QED) is 0.753. The van der Waals surface area contributed by atoms with Gasteiger partial charge in [-0.15, -0.1) is 23.1 Å². The molecule has 0 saturated heterocycles. The number of thiazole rings is 1. The minimum atomic E-state index is -0.828. The highest BCUT2D eigenvalue weighted by Gasteiger charge is 2.12. The van der Waals surface area contributed by atoms with Crippen molar-refractivity contribution in [1.82, 2.24) is 9.38 Å². The van der Waals surface area contributed by atoms with Crippen molar-refractivity contribution in [3.05, 3.63) is 63.5 Å². The Morgan fingerprint density at radius 2 is 2.08 bits per heavy atom. The van der Waals surface area contributed by atoms with Gasteiger partial charge in [0.15, 0.2) is 4.96 Å². The second-order valence-electron chi connectivity index (χ2n) is 4.78. The molecule has 0 saturated carbocycles. The van der Waals surface area contributed by atoms with Crippen molar-refractivity contribution in [1.29, 1.82) is 0 Å². The zero-order valence-corrected chi connectivity index (χ0v) is 13.8. The smallest absolute Gasteiger partial charge is 0.258 e. The van der Waals surface area contributed by atoms with Crippen molar-refractivity contribution in [2.45, 2.75) is 5.75 Å². The molecule has 0 atom stereocenters. The first kappa shape index (κ1) is 16.6. The molecule has 1 N–H and O–H groups in total. The average Bonchev–Trinajstić information content (AvgIpc) is 3.00. The van der Waals surface area contributed by atoms with E-state index < -0.39 is 23.2 Å². The van der Waals surface area contributed by atoms with E-state index in [1.165, 1.54) is 39.6 Å². The number of carbonyl (C=O) groups excluding carboxylic acids is 1. The number of anilines is 1. The van der Waals surface area contributed by atoms with E-state index in [2.05, 4.69) is 10.3 Å². The van der Waals surface area contributed by atoms with Crippen molar-refractivity contribution < 1.29 is 13.6 Å². The van der Waals surface area contributed by atoms with Crippen molar-refractivity contribution in [2.75, 3.05) is 11.1 Å². The minimum absolute atomic E-state index is 0.0146. The van der Waals surface area contributed by atoms with Crippen molar-refractivity contribution in [2.24, 2.45) is 0 Å². The summed E-state index contributed by atoms with van der Waals surface area (Å²) in [4.78, 5) is 28.5. The van der Waals surface area contributed by atoms with Crippen LogP contribution in [0, 0.1) is 11.6 Å². The first-order chi connectivity index (χ1) is 11.5. The lowest BCUT2D eigenvalue weighted by Crippen LogP contribution is -2.17. The molecule has 124 valence electrons. The van der Waals surface area contributed by atoms with Crippen molar-refractivity contribution in [3.63, 3.8) is 0 Å². The van der Waals surface area contributed by atoms with Gasteiger partial charge in [0.2, 0.25) is 5.91 Å². The Morgan fingerprint density at radius 1 is 1.33 bits per heavy atom. The molecule has 0 aliphatic rings. The molecule has 9 heteroatoms. The standard InChI is InChI=1S/C15H11F2N3O2S2/c16-10-2-1-3-11(17)14(10)19-12(21)8-23-7-9-6-13(22)20-4-5-24-15(20)18-9/h1-6H,7-8H2,(H,19,21). The highest BCUT2D eigenvalue weighted by atomic mass is 32.2. The van der Waals surface area contributed by atoms with Gasteiger partial charge in [-0.1, -0.05) is 6.07 Å². The number of thioether (sulfide) groups is 1. The first-order valence-electron chi connectivity index (χ1n) is 6.82. The van der Waals surface area contributed by atoms with Gasteiger partial charge in [0.1, 0.15) is 17.3 Å². The zero-order valence-electron chi connectivity index (χ0n) is 12.2. The van der Waals surface area contributed by atoms with E-state index in [4.69, 9.17) is 0 Å². The number of nitrogens with one attached hydrogen (secondary N) is 1. The number of fused-ring (bicyclic) bond motifs is 1. The fourth-order valence-electron chi connectivity index (χ4n) is 2.00. The number of rotatable bonds is 5. The Balaban J connectivity index is 1.59. The van der Waals surface area contributed by atoms with Crippen molar-refractivity contribution in [3.8, 4) is 0 Å². The van der Waals surface area contributed by atoms with Crippen LogP contribution in [-0.2, 0) is 10.5 Å². The fraction of sp³-hybridized carbons (Fsp3) is 0.133. The molecule has 0 fully saturated rings. The summed E-state index contributed by atoms with van der Waals surface area (Å²) in [5.41, 5.74) is -0.0912.